The van der Waals surface area contributed by atoms with Crippen molar-refractivity contribution in [1.29, 1.82) is 0 Å². The van der Waals surface area contributed by atoms with Crippen LogP contribution < -0.4 is 11.1 Å². The fraction of sp³-hybridized carbons (Fsp3) is 0.353. The number of nitrogens with zero attached hydrogens (tertiary/aromatic N) is 4. The van der Waals surface area contributed by atoms with Crippen LogP contribution in [-0.2, 0) is 20.4 Å². The van der Waals surface area contributed by atoms with Crippen molar-refractivity contribution in [2.45, 2.75) is 31.1 Å². The fourth-order valence-corrected chi connectivity index (χ4v) is 3.88. The summed E-state index contributed by atoms with van der Waals surface area (Å²) in [7, 11) is -4.77. The molecule has 1 fully saturated rings. The van der Waals surface area contributed by atoms with Gasteiger partial charge in [-0.1, -0.05) is 23.7 Å². The van der Waals surface area contributed by atoms with Gasteiger partial charge in [0.25, 0.3) is 0 Å². The number of aliphatic hydroxyl groups excluding tert-OH is 2. The molecule has 2 aromatic heterocycles. The number of phosphoric acid groups is 1. The van der Waals surface area contributed by atoms with E-state index in [1.54, 1.807) is 12.1 Å². The molecule has 15 heteroatoms. The summed E-state index contributed by atoms with van der Waals surface area (Å²) in [5.41, 5.74) is 7.86. The minimum atomic E-state index is -4.77. The molecule has 1 aromatic carbocycles. The molecule has 0 bridgehead atoms. The smallest absolute Gasteiger partial charge is 0.397 e. The number of hydrogen-bond acceptors (Lipinski definition) is 10. The van der Waals surface area contributed by atoms with Crippen molar-refractivity contribution in [3.05, 3.63) is 41.4 Å². The van der Waals surface area contributed by atoms with Crippen molar-refractivity contribution >= 4 is 42.1 Å². The largest absolute Gasteiger partial charge is 0.469 e. The van der Waals surface area contributed by atoms with Gasteiger partial charge in [-0.25, -0.2) is 19.5 Å². The number of anilines is 2. The van der Waals surface area contributed by atoms with E-state index in [2.05, 4.69) is 24.8 Å². The number of imidazole rings is 1. The fourth-order valence-electron chi connectivity index (χ4n) is 3.35. The Hall–Kier alpha value is -2.35. The van der Waals surface area contributed by atoms with Gasteiger partial charge in [-0.2, -0.15) is 0 Å². The van der Waals surface area contributed by atoms with E-state index in [-0.39, 0.29) is 0 Å². The summed E-state index contributed by atoms with van der Waals surface area (Å²) in [5, 5.41) is 24.2. The number of ether oxygens (including phenoxy) is 1. The predicted molar refractivity (Wildman–Crippen MR) is 112 cm³/mol. The molecular weight excluding hydrogens is 467 g/mol. The number of rotatable bonds is 7. The number of phosphoric ester groups is 1. The second kappa shape index (κ2) is 8.89. The van der Waals surface area contributed by atoms with Gasteiger partial charge < -0.3 is 35.8 Å². The summed E-state index contributed by atoms with van der Waals surface area (Å²) >= 11 is 6.05. The molecule has 1 saturated heterocycles. The number of nitrogens with two attached hydrogens (primary N) is 1. The van der Waals surface area contributed by atoms with Crippen LogP contribution in [0.3, 0.4) is 0 Å². The summed E-state index contributed by atoms with van der Waals surface area (Å²) in [5.74, 6) is 0.391. The molecule has 172 valence electrons. The molecule has 1 aliphatic heterocycles. The van der Waals surface area contributed by atoms with Crippen molar-refractivity contribution in [3.8, 4) is 0 Å². The van der Waals surface area contributed by atoms with Crippen molar-refractivity contribution in [2.75, 3.05) is 17.7 Å². The molecule has 7 N–H and O–H groups in total. The number of aliphatic hydroxyl groups is 2. The van der Waals surface area contributed by atoms with E-state index in [0.29, 0.717) is 34.2 Å². The van der Waals surface area contributed by atoms with Crippen LogP contribution in [0.15, 0.2) is 30.9 Å². The van der Waals surface area contributed by atoms with Crippen molar-refractivity contribution < 1.29 is 33.8 Å². The zero-order valence-electron chi connectivity index (χ0n) is 16.3. The average Bonchev–Trinajstić information content (AvgIpc) is 3.29. The molecule has 0 saturated carbocycles. The summed E-state index contributed by atoms with van der Waals surface area (Å²) in [6.07, 6.45) is -2.52. The first-order valence-electron chi connectivity index (χ1n) is 9.31. The molecule has 13 nitrogen and oxygen atoms in total. The van der Waals surface area contributed by atoms with E-state index in [9.17, 15) is 14.8 Å². The number of benzene rings is 1. The molecule has 4 atom stereocenters. The van der Waals surface area contributed by atoms with Gasteiger partial charge in [-0.15, -0.1) is 0 Å². The van der Waals surface area contributed by atoms with Gasteiger partial charge in [0.1, 0.15) is 24.6 Å². The van der Waals surface area contributed by atoms with Crippen LogP contribution in [0.4, 0.5) is 11.5 Å². The van der Waals surface area contributed by atoms with E-state index in [0.717, 1.165) is 5.56 Å². The molecule has 0 unspecified atom stereocenters. The van der Waals surface area contributed by atoms with Gasteiger partial charge in [0, 0.05) is 6.54 Å². The molecule has 4 rings (SSSR count). The Bertz CT molecular complexity index is 1170. The van der Waals surface area contributed by atoms with Gasteiger partial charge in [0.05, 0.1) is 23.6 Å². The maximum atomic E-state index is 10.9. The van der Waals surface area contributed by atoms with E-state index in [1.165, 1.54) is 17.2 Å². The zero-order chi connectivity index (χ0) is 23.0. The number of nitrogen functional groups attached to an aromatic ring is 1. The highest BCUT2D eigenvalue weighted by molar-refractivity contribution is 7.46. The Labute approximate surface area is 186 Å². The third kappa shape index (κ3) is 4.56. The predicted octanol–water partition coefficient (Wildman–Crippen LogP) is 0.402. The van der Waals surface area contributed by atoms with Crippen LogP contribution in [0.2, 0.25) is 5.02 Å². The van der Waals surface area contributed by atoms with Crippen molar-refractivity contribution in [3.63, 3.8) is 0 Å². The number of para-hydroxylation sites is 1. The highest BCUT2D eigenvalue weighted by Crippen LogP contribution is 2.39. The summed E-state index contributed by atoms with van der Waals surface area (Å²) in [6, 6.07) is 5.27. The number of aromatic nitrogens is 4. The molecule has 3 heterocycles. The third-order valence-electron chi connectivity index (χ3n) is 4.97. The molecule has 3 aromatic rings. The lowest BCUT2D eigenvalue weighted by atomic mass is 10.1. The van der Waals surface area contributed by atoms with E-state index < -0.39 is 39.0 Å². The van der Waals surface area contributed by atoms with Crippen molar-refractivity contribution in [2.24, 2.45) is 0 Å². The highest BCUT2D eigenvalue weighted by Gasteiger charge is 2.45. The van der Waals surface area contributed by atoms with Crippen LogP contribution in [-0.4, -0.2) is 64.4 Å². The molecule has 1 aliphatic rings. The Kier molecular flexibility index (Phi) is 6.34. The first kappa shape index (κ1) is 22.8. The molecule has 0 radical (unpaired) electrons. The van der Waals surface area contributed by atoms with Crippen LogP contribution in [0.5, 0.6) is 0 Å². The Morgan fingerprint density at radius 1 is 1.25 bits per heavy atom. The molecule has 0 aliphatic carbocycles. The van der Waals surface area contributed by atoms with E-state index >= 15 is 0 Å². The highest BCUT2D eigenvalue weighted by atomic mass is 35.5. The maximum absolute atomic E-state index is 10.9. The van der Waals surface area contributed by atoms with Gasteiger partial charge >= 0.3 is 7.82 Å². The summed E-state index contributed by atoms with van der Waals surface area (Å²) in [6.45, 7) is -0.303. The Balaban J connectivity index is 1.55. The van der Waals surface area contributed by atoms with E-state index in [1.807, 2.05) is 6.07 Å². The molecule has 0 amide bonds. The lowest BCUT2D eigenvalue weighted by Gasteiger charge is -2.16. The lowest BCUT2D eigenvalue weighted by molar-refractivity contribution is -0.0504. The maximum Gasteiger partial charge on any atom is 0.469 e. The molecule has 0 spiro atoms. The minimum absolute atomic E-state index is 0.300. The van der Waals surface area contributed by atoms with Gasteiger partial charge in [0.15, 0.2) is 23.2 Å². The minimum Gasteiger partial charge on any atom is -0.397 e. The second-order valence-electron chi connectivity index (χ2n) is 7.05. The third-order valence-corrected chi connectivity index (χ3v) is 5.78. The number of nitrogens with one attached hydrogen (secondary N) is 1. The van der Waals surface area contributed by atoms with Gasteiger partial charge in [-0.3, -0.25) is 9.09 Å². The summed E-state index contributed by atoms with van der Waals surface area (Å²) in [4.78, 5) is 30.3. The average molecular weight is 487 g/mol. The normalized spacial score (nSPS) is 23.7. The topological polar surface area (TPSA) is 198 Å². The van der Waals surface area contributed by atoms with E-state index in [4.69, 9.17) is 31.9 Å². The Morgan fingerprint density at radius 2 is 2.03 bits per heavy atom. The second-order valence-corrected chi connectivity index (χ2v) is 8.69. The first-order chi connectivity index (χ1) is 15.2. The summed E-state index contributed by atoms with van der Waals surface area (Å²) < 4.78 is 22.3. The van der Waals surface area contributed by atoms with Crippen molar-refractivity contribution in [1.82, 2.24) is 19.5 Å². The number of hydrogen-bond donors (Lipinski definition) is 6. The quantitative estimate of drug-likeness (QED) is 0.199. The Morgan fingerprint density at radius 3 is 2.78 bits per heavy atom. The monoisotopic (exact) mass is 486 g/mol. The SMILES string of the molecule is Nc1c(Cl)cccc1CNc1ncnc2c1ncn2[C@@H]1O[C@H](COP(=O)(O)O)[C@@H](O)[C@H]1O. The van der Waals surface area contributed by atoms with Crippen LogP contribution in [0.25, 0.3) is 11.2 Å². The van der Waals surface area contributed by atoms with Gasteiger partial charge in [0.2, 0.25) is 0 Å². The molecular formula is C17H20ClN6O7P. The van der Waals surface area contributed by atoms with Crippen LogP contribution in [0.1, 0.15) is 11.8 Å². The zero-order valence-corrected chi connectivity index (χ0v) is 18.0. The lowest BCUT2D eigenvalue weighted by Crippen LogP contribution is -2.33. The van der Waals surface area contributed by atoms with Crippen LogP contribution in [0, 0.1) is 0 Å². The van der Waals surface area contributed by atoms with Gasteiger partial charge in [-0.05, 0) is 11.6 Å². The van der Waals surface area contributed by atoms with Crippen LogP contribution >= 0.6 is 19.4 Å². The molecule has 32 heavy (non-hydrogen) atoms. The first-order valence-corrected chi connectivity index (χ1v) is 11.2. The number of halogens is 1. The number of fused-ring (bicyclic) bond motifs is 1. The standard InChI is InChI=1S/C17H20ClN6O7P/c18-9-3-1-2-8(11(9)19)4-20-15-12-16(22-6-21-15)24(7-23-12)17-14(26)13(25)10(31-17)5-30-32(27,28)29/h1-3,6-7,10,13-14,17,25-26H,4-5,19H2,(H,20,21,22)(H2,27,28,29)/t10-,13-,14-,17-/m1/s1.